The molecular formula is C12H13ClFN5O. The van der Waals surface area contributed by atoms with Crippen LogP contribution in [0.5, 0.6) is 0 Å². The van der Waals surface area contributed by atoms with E-state index in [4.69, 9.17) is 17.3 Å². The van der Waals surface area contributed by atoms with E-state index in [1.165, 1.54) is 12.1 Å². The third-order valence-corrected chi connectivity index (χ3v) is 2.87. The average Bonchev–Trinajstić information content (AvgIpc) is 2.88. The van der Waals surface area contributed by atoms with Crippen LogP contribution in [0.1, 0.15) is 11.3 Å². The molecule has 1 aromatic heterocycles. The fraction of sp³-hybridized carbons (Fsp3) is 0.250. The van der Waals surface area contributed by atoms with Crippen LogP contribution in [0.3, 0.4) is 0 Å². The number of carbonyl (C=O) groups excluding carboxylic acids is 1. The Morgan fingerprint density at radius 1 is 1.50 bits per heavy atom. The number of nitrogens with zero attached hydrogens (tertiary/aromatic N) is 3. The molecule has 0 radical (unpaired) electrons. The van der Waals surface area contributed by atoms with Crippen LogP contribution in [0.15, 0.2) is 24.4 Å². The molecule has 3 N–H and O–H groups in total. The first-order chi connectivity index (χ1) is 9.58. The van der Waals surface area contributed by atoms with Gasteiger partial charge in [0.25, 0.3) is 0 Å². The lowest BCUT2D eigenvalue weighted by atomic mass is 10.2. The number of hydrogen-bond acceptors (Lipinski definition) is 4. The first kappa shape index (κ1) is 14.4. The number of amides is 1. The number of hydrogen-bond donors (Lipinski definition) is 2. The maximum atomic E-state index is 13.3. The standard InChI is InChI=1S/C12H13ClFN5O/c13-10-2-1-8(3-11(10)14)6-19-7-9(17-18-19)5-16-12(20)4-15/h1-3,7H,4-6,15H2,(H,16,20). The fourth-order valence-corrected chi connectivity index (χ4v) is 1.70. The lowest BCUT2D eigenvalue weighted by Crippen LogP contribution is -2.29. The Hall–Kier alpha value is -1.99. The Bertz CT molecular complexity index is 616. The molecule has 6 nitrogen and oxygen atoms in total. The Labute approximate surface area is 119 Å². The Morgan fingerprint density at radius 3 is 3.00 bits per heavy atom. The molecule has 0 aliphatic carbocycles. The SMILES string of the molecule is NCC(=O)NCc1cn(Cc2ccc(Cl)c(F)c2)nn1. The van der Waals surface area contributed by atoms with E-state index in [0.717, 1.165) is 0 Å². The summed E-state index contributed by atoms with van der Waals surface area (Å²) < 4.78 is 14.8. The van der Waals surface area contributed by atoms with Crippen LogP contribution in [0.25, 0.3) is 0 Å². The second-order valence-electron chi connectivity index (χ2n) is 4.14. The minimum atomic E-state index is -0.472. The number of nitrogens with two attached hydrogens (primary N) is 1. The van der Waals surface area contributed by atoms with Gasteiger partial charge in [-0.2, -0.15) is 0 Å². The third-order valence-electron chi connectivity index (χ3n) is 2.57. The molecule has 20 heavy (non-hydrogen) atoms. The highest BCUT2D eigenvalue weighted by Crippen LogP contribution is 2.16. The summed E-state index contributed by atoms with van der Waals surface area (Å²) in [6.07, 6.45) is 1.67. The molecule has 8 heteroatoms. The van der Waals surface area contributed by atoms with Gasteiger partial charge in [-0.15, -0.1) is 5.10 Å². The van der Waals surface area contributed by atoms with Gasteiger partial charge in [-0.25, -0.2) is 9.07 Å². The quantitative estimate of drug-likeness (QED) is 0.850. The summed E-state index contributed by atoms with van der Waals surface area (Å²) in [5, 5.41) is 10.5. The molecule has 0 saturated carbocycles. The van der Waals surface area contributed by atoms with Gasteiger partial charge in [0.2, 0.25) is 5.91 Å². The summed E-state index contributed by atoms with van der Waals surface area (Å²) in [6.45, 7) is 0.551. The normalized spacial score (nSPS) is 10.6. The fourth-order valence-electron chi connectivity index (χ4n) is 1.58. The van der Waals surface area contributed by atoms with Gasteiger partial charge in [0, 0.05) is 0 Å². The van der Waals surface area contributed by atoms with Gasteiger partial charge in [-0.1, -0.05) is 22.9 Å². The zero-order valence-electron chi connectivity index (χ0n) is 10.5. The molecule has 0 aliphatic rings. The molecule has 0 saturated heterocycles. The smallest absolute Gasteiger partial charge is 0.234 e. The van der Waals surface area contributed by atoms with Gasteiger partial charge in [0.05, 0.1) is 30.9 Å². The third kappa shape index (κ3) is 3.75. The molecule has 0 atom stereocenters. The zero-order valence-corrected chi connectivity index (χ0v) is 11.3. The van der Waals surface area contributed by atoms with Crippen molar-refractivity contribution in [3.05, 3.63) is 46.5 Å². The van der Waals surface area contributed by atoms with Gasteiger partial charge in [-0.3, -0.25) is 4.79 Å². The van der Waals surface area contributed by atoms with Crippen molar-refractivity contribution in [1.29, 1.82) is 0 Å². The van der Waals surface area contributed by atoms with Crippen molar-refractivity contribution in [2.24, 2.45) is 5.73 Å². The summed E-state index contributed by atoms with van der Waals surface area (Å²) in [5.74, 6) is -0.737. The lowest BCUT2D eigenvalue weighted by molar-refractivity contribution is -0.119. The van der Waals surface area contributed by atoms with Crippen molar-refractivity contribution in [1.82, 2.24) is 20.3 Å². The van der Waals surface area contributed by atoms with Crippen molar-refractivity contribution in [2.45, 2.75) is 13.1 Å². The lowest BCUT2D eigenvalue weighted by Gasteiger charge is -2.02. The highest BCUT2D eigenvalue weighted by Gasteiger charge is 2.05. The number of halogens is 2. The molecule has 2 aromatic rings. The molecule has 0 spiro atoms. The maximum absolute atomic E-state index is 13.3. The first-order valence-electron chi connectivity index (χ1n) is 5.88. The highest BCUT2D eigenvalue weighted by molar-refractivity contribution is 6.30. The number of rotatable bonds is 5. The molecule has 0 aliphatic heterocycles. The van der Waals surface area contributed by atoms with E-state index in [1.54, 1.807) is 16.9 Å². The van der Waals surface area contributed by atoms with Crippen LogP contribution in [0, 0.1) is 5.82 Å². The van der Waals surface area contributed by atoms with Crippen molar-refractivity contribution in [3.63, 3.8) is 0 Å². The largest absolute Gasteiger partial charge is 0.349 e. The second kappa shape index (κ2) is 6.44. The minimum absolute atomic E-state index is 0.0712. The number of nitrogens with one attached hydrogen (secondary N) is 1. The van der Waals surface area contributed by atoms with E-state index >= 15 is 0 Å². The zero-order chi connectivity index (χ0) is 14.5. The predicted molar refractivity (Wildman–Crippen MR) is 71.4 cm³/mol. The van der Waals surface area contributed by atoms with E-state index in [0.29, 0.717) is 17.8 Å². The van der Waals surface area contributed by atoms with E-state index in [1.807, 2.05) is 0 Å². The molecule has 0 unspecified atom stereocenters. The van der Waals surface area contributed by atoms with Crippen molar-refractivity contribution >= 4 is 17.5 Å². The predicted octanol–water partition coefficient (Wildman–Crippen LogP) is 0.694. The second-order valence-corrected chi connectivity index (χ2v) is 4.54. The van der Waals surface area contributed by atoms with E-state index in [9.17, 15) is 9.18 Å². The van der Waals surface area contributed by atoms with Gasteiger partial charge in [0.15, 0.2) is 0 Å². The summed E-state index contributed by atoms with van der Waals surface area (Å²) in [5.41, 5.74) is 6.49. The maximum Gasteiger partial charge on any atom is 0.234 e. The topological polar surface area (TPSA) is 85.8 Å². The average molecular weight is 298 g/mol. The van der Waals surface area contributed by atoms with Crippen molar-refractivity contribution in [3.8, 4) is 0 Å². The van der Waals surface area contributed by atoms with Crippen LogP contribution in [0.2, 0.25) is 5.02 Å². The summed E-state index contributed by atoms with van der Waals surface area (Å²) in [6, 6.07) is 4.55. The van der Waals surface area contributed by atoms with Crippen LogP contribution in [-0.2, 0) is 17.9 Å². The van der Waals surface area contributed by atoms with Crippen molar-refractivity contribution < 1.29 is 9.18 Å². The Kier molecular flexibility index (Phi) is 4.65. The number of carbonyl (C=O) groups is 1. The molecule has 0 bridgehead atoms. The van der Waals surface area contributed by atoms with Crippen LogP contribution in [-0.4, -0.2) is 27.4 Å². The van der Waals surface area contributed by atoms with Gasteiger partial charge < -0.3 is 11.1 Å². The number of benzene rings is 1. The van der Waals surface area contributed by atoms with Crippen LogP contribution < -0.4 is 11.1 Å². The summed E-state index contributed by atoms with van der Waals surface area (Å²) in [4.78, 5) is 11.0. The van der Waals surface area contributed by atoms with Crippen LogP contribution in [0.4, 0.5) is 4.39 Å². The summed E-state index contributed by atoms with van der Waals surface area (Å²) in [7, 11) is 0. The summed E-state index contributed by atoms with van der Waals surface area (Å²) >= 11 is 5.61. The van der Waals surface area contributed by atoms with Crippen molar-refractivity contribution in [2.75, 3.05) is 6.54 Å². The van der Waals surface area contributed by atoms with E-state index < -0.39 is 5.82 Å². The molecular weight excluding hydrogens is 285 g/mol. The van der Waals surface area contributed by atoms with Gasteiger partial charge in [0.1, 0.15) is 11.5 Å². The first-order valence-corrected chi connectivity index (χ1v) is 6.26. The van der Waals surface area contributed by atoms with E-state index in [2.05, 4.69) is 15.6 Å². The number of aromatic nitrogens is 3. The monoisotopic (exact) mass is 297 g/mol. The molecule has 106 valence electrons. The van der Waals surface area contributed by atoms with E-state index in [-0.39, 0.29) is 24.0 Å². The molecule has 1 amide bonds. The van der Waals surface area contributed by atoms with Gasteiger partial charge in [-0.05, 0) is 17.7 Å². The van der Waals surface area contributed by atoms with Crippen LogP contribution >= 0.6 is 11.6 Å². The molecule has 1 heterocycles. The highest BCUT2D eigenvalue weighted by atomic mass is 35.5. The minimum Gasteiger partial charge on any atom is -0.349 e. The Balaban J connectivity index is 1.98. The Morgan fingerprint density at radius 2 is 2.30 bits per heavy atom. The molecule has 1 aromatic carbocycles. The molecule has 2 rings (SSSR count). The molecule has 0 fully saturated rings. The van der Waals surface area contributed by atoms with Gasteiger partial charge >= 0.3 is 0 Å².